The van der Waals surface area contributed by atoms with Crippen molar-refractivity contribution >= 4 is 38.9 Å². The third kappa shape index (κ3) is 4.39. The molecule has 6 nitrogen and oxygen atoms in total. The summed E-state index contributed by atoms with van der Waals surface area (Å²) in [4.78, 5) is 11.6. The van der Waals surface area contributed by atoms with Crippen LogP contribution in [0.1, 0.15) is 13.3 Å². The fourth-order valence-electron chi connectivity index (χ4n) is 1.92. The molecule has 0 radical (unpaired) electrons. The van der Waals surface area contributed by atoms with E-state index in [1.54, 1.807) is 31.2 Å². The van der Waals surface area contributed by atoms with Gasteiger partial charge in [0.25, 0.3) is 10.0 Å². The van der Waals surface area contributed by atoms with Crippen LogP contribution in [0.2, 0.25) is 5.02 Å². The Morgan fingerprint density at radius 2 is 1.83 bits per heavy atom. The van der Waals surface area contributed by atoms with Crippen LogP contribution in [-0.4, -0.2) is 21.4 Å². The molecule has 0 unspecified atom stereocenters. The van der Waals surface area contributed by atoms with Crippen LogP contribution in [0, 0.1) is 0 Å². The molecule has 2 N–H and O–H groups in total. The first-order valence-electron chi connectivity index (χ1n) is 7.12. The Labute approximate surface area is 145 Å². The number of ether oxygens (including phenoxy) is 1. The summed E-state index contributed by atoms with van der Waals surface area (Å²) in [6.45, 7) is 1.70. The molecular weight excluding hydrogens is 352 g/mol. The lowest BCUT2D eigenvalue weighted by atomic mass is 10.3. The quantitative estimate of drug-likeness (QED) is 0.817. The van der Waals surface area contributed by atoms with E-state index in [1.165, 1.54) is 25.3 Å². The SMILES string of the molecule is CCC(=O)Nc1cc(S(=O)(=O)Nc2ccc(Cl)cc2)ccc1OC. The smallest absolute Gasteiger partial charge is 0.261 e. The standard InChI is InChI=1S/C16H17ClN2O4S/c1-3-16(20)18-14-10-13(8-9-15(14)23-2)24(21,22)19-12-6-4-11(17)5-7-12/h4-10,19H,3H2,1-2H3,(H,18,20). The van der Waals surface area contributed by atoms with E-state index >= 15 is 0 Å². The average molecular weight is 369 g/mol. The molecule has 2 aromatic carbocycles. The van der Waals surface area contributed by atoms with Crippen LogP contribution in [0.4, 0.5) is 11.4 Å². The van der Waals surface area contributed by atoms with Crippen LogP contribution in [0.15, 0.2) is 47.4 Å². The highest BCUT2D eigenvalue weighted by Gasteiger charge is 2.17. The van der Waals surface area contributed by atoms with Crippen LogP contribution in [0.3, 0.4) is 0 Å². The highest BCUT2D eigenvalue weighted by Crippen LogP contribution is 2.28. The molecule has 0 aliphatic heterocycles. The molecule has 0 aromatic heterocycles. The second-order valence-electron chi connectivity index (χ2n) is 4.88. The topological polar surface area (TPSA) is 84.5 Å². The Kier molecular flexibility index (Phi) is 5.69. The predicted molar refractivity (Wildman–Crippen MR) is 94.2 cm³/mol. The lowest BCUT2D eigenvalue weighted by Gasteiger charge is -2.13. The van der Waals surface area contributed by atoms with E-state index < -0.39 is 10.0 Å². The summed E-state index contributed by atoms with van der Waals surface area (Å²) in [5.74, 6) is 0.135. The highest BCUT2D eigenvalue weighted by molar-refractivity contribution is 7.92. The Morgan fingerprint density at radius 3 is 2.42 bits per heavy atom. The van der Waals surface area contributed by atoms with Crippen LogP contribution in [0.5, 0.6) is 5.75 Å². The third-order valence-corrected chi connectivity index (χ3v) is 4.80. The predicted octanol–water partition coefficient (Wildman–Crippen LogP) is 3.50. The number of hydrogen-bond donors (Lipinski definition) is 2. The molecule has 0 saturated carbocycles. The van der Waals surface area contributed by atoms with Gasteiger partial charge in [-0.2, -0.15) is 0 Å². The van der Waals surface area contributed by atoms with Gasteiger partial charge in [0.05, 0.1) is 17.7 Å². The minimum absolute atomic E-state index is 0.00431. The van der Waals surface area contributed by atoms with Gasteiger partial charge in [-0.05, 0) is 42.5 Å². The van der Waals surface area contributed by atoms with Crippen LogP contribution in [0.25, 0.3) is 0 Å². The molecule has 0 aliphatic carbocycles. The number of methoxy groups -OCH3 is 1. The van der Waals surface area contributed by atoms with Crippen molar-refractivity contribution < 1.29 is 17.9 Å². The van der Waals surface area contributed by atoms with Crippen molar-refractivity contribution in [1.29, 1.82) is 0 Å². The first kappa shape index (κ1) is 18.1. The number of sulfonamides is 1. The summed E-state index contributed by atoms with van der Waals surface area (Å²) in [6, 6.07) is 10.5. The zero-order chi connectivity index (χ0) is 17.7. The fraction of sp³-hybridized carbons (Fsp3) is 0.188. The molecular formula is C16H17ClN2O4S. The average Bonchev–Trinajstić information content (AvgIpc) is 2.56. The van der Waals surface area contributed by atoms with E-state index in [2.05, 4.69) is 10.0 Å². The molecule has 2 rings (SSSR count). The van der Waals surface area contributed by atoms with E-state index in [1.807, 2.05) is 0 Å². The molecule has 0 aliphatic rings. The summed E-state index contributed by atoms with van der Waals surface area (Å²) in [5, 5.41) is 3.13. The van der Waals surface area contributed by atoms with Crippen LogP contribution < -0.4 is 14.8 Å². The number of rotatable bonds is 6. The van der Waals surface area contributed by atoms with Gasteiger partial charge in [-0.3, -0.25) is 9.52 Å². The molecule has 2 aromatic rings. The number of anilines is 2. The van der Waals surface area contributed by atoms with E-state index in [0.717, 1.165) is 0 Å². The van der Waals surface area contributed by atoms with Gasteiger partial charge < -0.3 is 10.1 Å². The zero-order valence-electron chi connectivity index (χ0n) is 13.2. The van der Waals surface area contributed by atoms with Crippen molar-refractivity contribution in [1.82, 2.24) is 0 Å². The number of carbonyl (C=O) groups excluding carboxylic acids is 1. The van der Waals surface area contributed by atoms with Gasteiger partial charge in [0.1, 0.15) is 5.75 Å². The Morgan fingerprint density at radius 1 is 1.17 bits per heavy atom. The number of benzene rings is 2. The molecule has 0 fully saturated rings. The van der Waals surface area contributed by atoms with E-state index in [9.17, 15) is 13.2 Å². The fourth-order valence-corrected chi connectivity index (χ4v) is 3.13. The van der Waals surface area contributed by atoms with Crippen molar-refractivity contribution in [3.63, 3.8) is 0 Å². The molecule has 24 heavy (non-hydrogen) atoms. The number of amides is 1. The second-order valence-corrected chi connectivity index (χ2v) is 7.00. The maximum absolute atomic E-state index is 12.5. The summed E-state index contributed by atoms with van der Waals surface area (Å²) in [7, 11) is -2.37. The van der Waals surface area contributed by atoms with Gasteiger partial charge >= 0.3 is 0 Å². The van der Waals surface area contributed by atoms with Crippen molar-refractivity contribution in [3.05, 3.63) is 47.5 Å². The van der Waals surface area contributed by atoms with Crippen molar-refractivity contribution in [2.45, 2.75) is 18.2 Å². The first-order valence-corrected chi connectivity index (χ1v) is 8.98. The molecule has 0 bridgehead atoms. The van der Waals surface area contributed by atoms with Gasteiger partial charge in [-0.15, -0.1) is 0 Å². The third-order valence-electron chi connectivity index (χ3n) is 3.17. The zero-order valence-corrected chi connectivity index (χ0v) is 14.7. The summed E-state index contributed by atoms with van der Waals surface area (Å²) in [6.07, 6.45) is 0.267. The molecule has 8 heteroatoms. The van der Waals surface area contributed by atoms with Crippen molar-refractivity contribution in [2.24, 2.45) is 0 Å². The normalized spacial score (nSPS) is 11.0. The summed E-state index contributed by atoms with van der Waals surface area (Å²) < 4.78 is 32.6. The molecule has 0 heterocycles. The molecule has 128 valence electrons. The summed E-state index contributed by atoms with van der Waals surface area (Å²) in [5.41, 5.74) is 0.678. The number of halogens is 1. The maximum Gasteiger partial charge on any atom is 0.261 e. The molecule has 0 atom stereocenters. The molecule has 0 spiro atoms. The number of hydrogen-bond acceptors (Lipinski definition) is 4. The lowest BCUT2D eigenvalue weighted by molar-refractivity contribution is -0.115. The van der Waals surface area contributed by atoms with Crippen molar-refractivity contribution in [2.75, 3.05) is 17.1 Å². The van der Waals surface area contributed by atoms with Gasteiger partial charge in [-0.25, -0.2) is 8.42 Å². The minimum Gasteiger partial charge on any atom is -0.495 e. The minimum atomic E-state index is -3.82. The van der Waals surface area contributed by atoms with E-state index in [0.29, 0.717) is 22.1 Å². The summed E-state index contributed by atoms with van der Waals surface area (Å²) >= 11 is 5.78. The number of nitrogens with one attached hydrogen (secondary N) is 2. The van der Waals surface area contributed by atoms with Gasteiger partial charge in [0.2, 0.25) is 5.91 Å². The Hall–Kier alpha value is -2.25. The lowest BCUT2D eigenvalue weighted by Crippen LogP contribution is -2.15. The molecule has 0 saturated heterocycles. The van der Waals surface area contributed by atoms with Crippen molar-refractivity contribution in [3.8, 4) is 5.75 Å². The van der Waals surface area contributed by atoms with Crippen LogP contribution >= 0.6 is 11.6 Å². The van der Waals surface area contributed by atoms with Gasteiger partial charge in [-0.1, -0.05) is 18.5 Å². The van der Waals surface area contributed by atoms with E-state index in [-0.39, 0.29) is 17.2 Å². The number of carbonyl (C=O) groups is 1. The monoisotopic (exact) mass is 368 g/mol. The van der Waals surface area contributed by atoms with E-state index in [4.69, 9.17) is 16.3 Å². The Bertz CT molecular complexity index is 836. The largest absolute Gasteiger partial charge is 0.495 e. The van der Waals surface area contributed by atoms with Gasteiger partial charge in [0, 0.05) is 17.1 Å². The highest BCUT2D eigenvalue weighted by atomic mass is 35.5. The van der Waals surface area contributed by atoms with Crippen LogP contribution in [-0.2, 0) is 14.8 Å². The first-order chi connectivity index (χ1) is 11.4. The second kappa shape index (κ2) is 7.55. The molecule has 1 amide bonds. The Balaban J connectivity index is 2.33. The van der Waals surface area contributed by atoms with Gasteiger partial charge in [0.15, 0.2) is 0 Å². The maximum atomic E-state index is 12.5.